The normalized spacial score (nSPS) is 12.1. The minimum absolute atomic E-state index is 0.100. The molecule has 2 aromatic heterocycles. The van der Waals surface area contributed by atoms with Crippen molar-refractivity contribution in [1.82, 2.24) is 14.2 Å². The molecular formula is C22H19ClN4O2S. The lowest BCUT2D eigenvalue weighted by atomic mass is 10.2. The van der Waals surface area contributed by atoms with Crippen molar-refractivity contribution in [2.24, 2.45) is 0 Å². The minimum atomic E-state index is -0.282. The average molecular weight is 439 g/mol. The zero-order valence-electron chi connectivity index (χ0n) is 16.2. The van der Waals surface area contributed by atoms with Crippen LogP contribution in [-0.4, -0.2) is 25.3 Å². The van der Waals surface area contributed by atoms with Crippen molar-refractivity contribution in [3.63, 3.8) is 0 Å². The Morgan fingerprint density at radius 2 is 1.93 bits per heavy atom. The highest BCUT2D eigenvalue weighted by atomic mass is 35.5. The Morgan fingerprint density at radius 3 is 2.70 bits per heavy atom. The van der Waals surface area contributed by atoms with E-state index in [0.29, 0.717) is 22.9 Å². The summed E-state index contributed by atoms with van der Waals surface area (Å²) in [6.45, 7) is 2.17. The van der Waals surface area contributed by atoms with E-state index < -0.39 is 0 Å². The van der Waals surface area contributed by atoms with Gasteiger partial charge < -0.3 is 5.32 Å². The van der Waals surface area contributed by atoms with Crippen molar-refractivity contribution in [3.05, 3.63) is 94.0 Å². The monoisotopic (exact) mass is 438 g/mol. The molecule has 6 nitrogen and oxygen atoms in total. The van der Waals surface area contributed by atoms with Crippen LogP contribution < -0.4 is 11.0 Å². The van der Waals surface area contributed by atoms with E-state index in [9.17, 15) is 9.59 Å². The molecule has 0 spiro atoms. The number of benzene rings is 2. The largest absolute Gasteiger partial charge is 0.350 e. The molecule has 4 rings (SSSR count). The van der Waals surface area contributed by atoms with E-state index in [4.69, 9.17) is 11.6 Å². The van der Waals surface area contributed by atoms with Crippen molar-refractivity contribution in [3.8, 4) is 0 Å². The first kappa shape index (κ1) is 20.3. The van der Waals surface area contributed by atoms with Gasteiger partial charge in [0.2, 0.25) is 5.91 Å². The number of rotatable bonds is 6. The molecule has 2 aromatic carbocycles. The summed E-state index contributed by atoms with van der Waals surface area (Å²) in [4.78, 5) is 26.0. The van der Waals surface area contributed by atoms with Crippen LogP contribution in [0.15, 0.2) is 82.6 Å². The van der Waals surface area contributed by atoms with Crippen LogP contribution in [-0.2, 0) is 11.3 Å². The van der Waals surface area contributed by atoms with Gasteiger partial charge in [0.25, 0.3) is 0 Å². The Morgan fingerprint density at radius 1 is 1.13 bits per heavy atom. The second-order valence-corrected chi connectivity index (χ2v) is 8.62. The minimum Gasteiger partial charge on any atom is -0.325 e. The van der Waals surface area contributed by atoms with Gasteiger partial charge in [-0.05, 0) is 61.0 Å². The summed E-state index contributed by atoms with van der Waals surface area (Å²) in [5, 5.41) is 7.67. The highest BCUT2D eigenvalue weighted by Gasteiger charge is 2.15. The summed E-state index contributed by atoms with van der Waals surface area (Å²) in [6.07, 6.45) is 1.69. The van der Waals surface area contributed by atoms with E-state index in [2.05, 4.69) is 10.4 Å². The fraction of sp³-hybridized carbons (Fsp3) is 0.136. The van der Waals surface area contributed by atoms with Crippen molar-refractivity contribution >= 4 is 40.6 Å². The van der Waals surface area contributed by atoms with Gasteiger partial charge in [-0.2, -0.15) is 0 Å². The first-order valence-electron chi connectivity index (χ1n) is 9.36. The molecule has 0 saturated carbocycles. The Labute approximate surface area is 182 Å². The standard InChI is InChI=1S/C22H19ClN4O2S/c1-15(30-19-10-8-17(23)9-11-19)21(28)24-18-6-4-5-16(13-18)14-27-22(29)26-12-3-2-7-20(26)25-27/h2-13,15H,14H2,1H3,(H,24,28). The van der Waals surface area contributed by atoms with E-state index in [0.717, 1.165) is 10.5 Å². The number of pyridine rings is 1. The molecule has 2 heterocycles. The maximum atomic E-state index is 12.6. The number of hydrogen-bond acceptors (Lipinski definition) is 4. The number of nitrogens with zero attached hydrogens (tertiary/aromatic N) is 3. The summed E-state index contributed by atoms with van der Waals surface area (Å²) >= 11 is 7.37. The van der Waals surface area contributed by atoms with Gasteiger partial charge in [-0.3, -0.25) is 9.20 Å². The predicted octanol–water partition coefficient (Wildman–Crippen LogP) is 4.32. The predicted molar refractivity (Wildman–Crippen MR) is 120 cm³/mol. The van der Waals surface area contributed by atoms with Crippen molar-refractivity contribution in [1.29, 1.82) is 0 Å². The number of hydrogen-bond donors (Lipinski definition) is 1. The van der Waals surface area contributed by atoms with Crippen molar-refractivity contribution < 1.29 is 4.79 Å². The molecular weight excluding hydrogens is 420 g/mol. The molecule has 1 amide bonds. The van der Waals surface area contributed by atoms with Crippen LogP contribution in [0, 0.1) is 0 Å². The fourth-order valence-electron chi connectivity index (χ4n) is 3.01. The molecule has 0 radical (unpaired) electrons. The second-order valence-electron chi connectivity index (χ2n) is 6.77. The SMILES string of the molecule is CC(Sc1ccc(Cl)cc1)C(=O)Nc1cccc(Cn2nc3ccccn3c2=O)c1. The second kappa shape index (κ2) is 8.77. The average Bonchev–Trinajstić information content (AvgIpc) is 3.05. The molecule has 0 fully saturated rings. The molecule has 0 saturated heterocycles. The number of aromatic nitrogens is 3. The first-order valence-corrected chi connectivity index (χ1v) is 10.6. The third kappa shape index (κ3) is 4.58. The van der Waals surface area contributed by atoms with Crippen LogP contribution in [0.4, 0.5) is 5.69 Å². The molecule has 1 N–H and O–H groups in total. The van der Waals surface area contributed by atoms with Crippen LogP contribution in [0.25, 0.3) is 5.65 Å². The van der Waals surface area contributed by atoms with Crippen LogP contribution in [0.1, 0.15) is 12.5 Å². The number of carbonyl (C=O) groups is 1. The third-order valence-electron chi connectivity index (χ3n) is 4.51. The summed E-state index contributed by atoms with van der Waals surface area (Å²) < 4.78 is 2.91. The quantitative estimate of drug-likeness (QED) is 0.455. The summed E-state index contributed by atoms with van der Waals surface area (Å²) in [5.74, 6) is -0.100. The van der Waals surface area contributed by atoms with Gasteiger partial charge in [0.15, 0.2) is 5.65 Å². The Balaban J connectivity index is 1.45. The van der Waals surface area contributed by atoms with Gasteiger partial charge >= 0.3 is 5.69 Å². The lowest BCUT2D eigenvalue weighted by molar-refractivity contribution is -0.115. The first-order chi connectivity index (χ1) is 14.5. The molecule has 1 atom stereocenters. The van der Waals surface area contributed by atoms with Gasteiger partial charge in [0, 0.05) is 21.8 Å². The highest BCUT2D eigenvalue weighted by molar-refractivity contribution is 8.00. The van der Waals surface area contributed by atoms with E-state index in [-0.39, 0.29) is 16.8 Å². The molecule has 1 unspecified atom stereocenters. The van der Waals surface area contributed by atoms with Gasteiger partial charge in [-0.15, -0.1) is 16.9 Å². The summed E-state index contributed by atoms with van der Waals surface area (Å²) in [7, 11) is 0. The number of nitrogens with one attached hydrogen (secondary N) is 1. The van der Waals surface area contributed by atoms with Crippen molar-refractivity contribution in [2.75, 3.05) is 5.32 Å². The zero-order chi connectivity index (χ0) is 21.1. The van der Waals surface area contributed by atoms with Gasteiger partial charge in [0.1, 0.15) is 0 Å². The number of anilines is 1. The number of amides is 1. The van der Waals surface area contributed by atoms with E-state index >= 15 is 0 Å². The smallest absolute Gasteiger partial charge is 0.325 e. The third-order valence-corrected chi connectivity index (χ3v) is 5.87. The highest BCUT2D eigenvalue weighted by Crippen LogP contribution is 2.25. The lowest BCUT2D eigenvalue weighted by Gasteiger charge is -2.13. The summed E-state index contributed by atoms with van der Waals surface area (Å²) in [5.41, 5.74) is 1.95. The number of fused-ring (bicyclic) bond motifs is 1. The topological polar surface area (TPSA) is 68.4 Å². The molecule has 8 heteroatoms. The molecule has 0 aliphatic rings. The van der Waals surface area contributed by atoms with Gasteiger partial charge in [-0.25, -0.2) is 9.48 Å². The molecule has 30 heavy (non-hydrogen) atoms. The maximum Gasteiger partial charge on any atom is 0.350 e. The number of carbonyl (C=O) groups excluding carboxylic acids is 1. The summed E-state index contributed by atoms with van der Waals surface area (Å²) in [6, 6.07) is 20.2. The lowest BCUT2D eigenvalue weighted by Crippen LogP contribution is -2.23. The van der Waals surface area contributed by atoms with Gasteiger partial charge in [0.05, 0.1) is 11.8 Å². The van der Waals surface area contributed by atoms with E-state index in [1.807, 2.05) is 49.4 Å². The molecule has 4 aromatic rings. The Kier molecular flexibility index (Phi) is 5.92. The van der Waals surface area contributed by atoms with Crippen molar-refractivity contribution in [2.45, 2.75) is 23.6 Å². The maximum absolute atomic E-state index is 12.6. The number of halogens is 1. The van der Waals surface area contributed by atoms with E-state index in [1.54, 1.807) is 30.5 Å². The molecule has 0 bridgehead atoms. The van der Waals surface area contributed by atoms with E-state index in [1.165, 1.54) is 20.8 Å². The van der Waals surface area contributed by atoms with Crippen LogP contribution in [0.3, 0.4) is 0 Å². The Bertz CT molecular complexity index is 1250. The molecule has 0 aliphatic carbocycles. The molecule has 0 aliphatic heterocycles. The zero-order valence-corrected chi connectivity index (χ0v) is 17.7. The van der Waals surface area contributed by atoms with Crippen LogP contribution in [0.5, 0.6) is 0 Å². The Hall–Kier alpha value is -3.03. The number of thioether (sulfide) groups is 1. The van der Waals surface area contributed by atoms with Crippen LogP contribution in [0.2, 0.25) is 5.02 Å². The van der Waals surface area contributed by atoms with Gasteiger partial charge in [-0.1, -0.05) is 29.8 Å². The fourth-order valence-corrected chi connectivity index (χ4v) is 4.00. The van der Waals surface area contributed by atoms with Crippen LogP contribution >= 0.6 is 23.4 Å². The molecule has 152 valence electrons.